The summed E-state index contributed by atoms with van der Waals surface area (Å²) in [6, 6.07) is 2.42. The Balaban J connectivity index is 1.63. The lowest BCUT2D eigenvalue weighted by molar-refractivity contribution is -0.129. The van der Waals surface area contributed by atoms with Crippen LogP contribution in [0.4, 0.5) is 0 Å². The first-order valence-electron chi connectivity index (χ1n) is 8.76. The molecule has 0 bridgehead atoms. The highest BCUT2D eigenvalue weighted by Gasteiger charge is 2.50. The lowest BCUT2D eigenvalue weighted by atomic mass is 9.92. The van der Waals surface area contributed by atoms with Crippen LogP contribution >= 0.6 is 0 Å². The van der Waals surface area contributed by atoms with Crippen molar-refractivity contribution in [2.75, 3.05) is 20.1 Å². The highest BCUT2D eigenvalue weighted by atomic mass is 16.3. The zero-order valence-corrected chi connectivity index (χ0v) is 14.1. The molecule has 2 aliphatic carbocycles. The number of carbonyl (C=O) groups is 1. The highest BCUT2D eigenvalue weighted by Crippen LogP contribution is 2.45. The second-order valence-electron chi connectivity index (χ2n) is 7.33. The van der Waals surface area contributed by atoms with Crippen LogP contribution in [0.3, 0.4) is 0 Å². The van der Waals surface area contributed by atoms with Gasteiger partial charge in [-0.3, -0.25) is 4.79 Å². The maximum Gasteiger partial charge on any atom is 0.236 e. The van der Waals surface area contributed by atoms with E-state index in [0.717, 1.165) is 45.1 Å². The Labute approximate surface area is 139 Å². The number of aliphatic hydroxyl groups is 1. The first-order valence-corrected chi connectivity index (χ1v) is 8.76. The van der Waals surface area contributed by atoms with Gasteiger partial charge in [-0.2, -0.15) is 5.26 Å². The third-order valence-electron chi connectivity index (χ3n) is 5.43. The number of hydrogen-bond donors (Lipinski definition) is 3. The number of fused-ring (bicyclic) bond motifs is 1. The molecule has 1 amide bonds. The largest absolute Gasteiger partial charge is 0.393 e. The molecule has 0 spiro atoms. The van der Waals surface area contributed by atoms with Gasteiger partial charge in [0.1, 0.15) is 0 Å². The molecular weight excluding hydrogens is 292 g/mol. The van der Waals surface area contributed by atoms with Crippen LogP contribution < -0.4 is 11.1 Å². The summed E-state index contributed by atoms with van der Waals surface area (Å²) in [5, 5.41) is 21.6. The predicted octanol–water partition coefficient (Wildman–Crippen LogP) is 0.749. The molecule has 130 valence electrons. The van der Waals surface area contributed by atoms with Crippen molar-refractivity contribution in [3.63, 3.8) is 0 Å². The number of unbranched alkanes of at least 4 members (excludes halogenated alkanes) is 3. The SMILES string of the molecule is CN(CCCCCC#N)C(=O)CNC1C[C@@H]2CC(O)C[C@]2(N)C1. The number of likely N-dealkylation sites (N-methyl/N-ethyl adjacent to an activating group) is 1. The fraction of sp³-hybridized carbons (Fsp3) is 0.882. The molecule has 4 atom stereocenters. The maximum absolute atomic E-state index is 12.1. The molecule has 0 aliphatic heterocycles. The van der Waals surface area contributed by atoms with Crippen LogP contribution in [0.2, 0.25) is 0 Å². The number of aliphatic hydroxyl groups excluding tert-OH is 1. The third kappa shape index (κ3) is 4.90. The summed E-state index contributed by atoms with van der Waals surface area (Å²) in [7, 11) is 1.83. The quantitative estimate of drug-likeness (QED) is 0.572. The Morgan fingerprint density at radius 2 is 2.17 bits per heavy atom. The molecule has 6 nitrogen and oxygen atoms in total. The van der Waals surface area contributed by atoms with Crippen molar-refractivity contribution in [3.8, 4) is 6.07 Å². The number of amides is 1. The summed E-state index contributed by atoms with van der Waals surface area (Å²) in [6.45, 7) is 1.09. The van der Waals surface area contributed by atoms with E-state index in [9.17, 15) is 9.90 Å². The molecule has 2 unspecified atom stereocenters. The zero-order chi connectivity index (χ0) is 16.9. The molecule has 6 heteroatoms. The van der Waals surface area contributed by atoms with E-state index in [0.29, 0.717) is 25.3 Å². The van der Waals surface area contributed by atoms with Gasteiger partial charge in [0, 0.05) is 31.6 Å². The maximum atomic E-state index is 12.1. The Bertz CT molecular complexity index is 450. The lowest BCUT2D eigenvalue weighted by Crippen LogP contribution is -2.43. The van der Waals surface area contributed by atoms with Crippen LogP contribution in [-0.2, 0) is 4.79 Å². The van der Waals surface area contributed by atoms with Gasteiger partial charge >= 0.3 is 0 Å². The van der Waals surface area contributed by atoms with Crippen molar-refractivity contribution >= 4 is 5.91 Å². The normalized spacial score (nSPS) is 32.5. The molecular formula is C17H30N4O2. The molecule has 23 heavy (non-hydrogen) atoms. The molecule has 4 N–H and O–H groups in total. The molecule has 0 aromatic heterocycles. The molecule has 2 aliphatic rings. The summed E-state index contributed by atoms with van der Waals surface area (Å²) < 4.78 is 0. The zero-order valence-electron chi connectivity index (χ0n) is 14.1. The number of carbonyl (C=O) groups excluding carboxylic acids is 1. The van der Waals surface area contributed by atoms with E-state index in [1.54, 1.807) is 4.90 Å². The first-order chi connectivity index (χ1) is 10.9. The van der Waals surface area contributed by atoms with E-state index in [2.05, 4.69) is 11.4 Å². The monoisotopic (exact) mass is 322 g/mol. The number of nitrogens with two attached hydrogens (primary N) is 1. The van der Waals surface area contributed by atoms with E-state index in [4.69, 9.17) is 11.0 Å². The molecule has 2 saturated carbocycles. The van der Waals surface area contributed by atoms with Gasteiger partial charge in [0.2, 0.25) is 5.91 Å². The molecule has 0 aromatic rings. The van der Waals surface area contributed by atoms with Gasteiger partial charge in [-0.05, 0) is 44.4 Å². The topological polar surface area (TPSA) is 102 Å². The van der Waals surface area contributed by atoms with E-state index in [1.807, 2.05) is 7.05 Å². The van der Waals surface area contributed by atoms with E-state index in [1.165, 1.54) is 0 Å². The minimum absolute atomic E-state index is 0.105. The molecule has 0 aromatic carbocycles. The van der Waals surface area contributed by atoms with Crippen molar-refractivity contribution in [2.45, 2.75) is 69.1 Å². The smallest absolute Gasteiger partial charge is 0.236 e. The van der Waals surface area contributed by atoms with Crippen LogP contribution in [-0.4, -0.2) is 53.7 Å². The number of nitrogens with zero attached hydrogens (tertiary/aromatic N) is 2. The molecule has 0 radical (unpaired) electrons. The second-order valence-corrected chi connectivity index (χ2v) is 7.33. The van der Waals surface area contributed by atoms with E-state index in [-0.39, 0.29) is 23.6 Å². The average Bonchev–Trinajstić information content (AvgIpc) is 2.93. The lowest BCUT2D eigenvalue weighted by Gasteiger charge is -2.23. The summed E-state index contributed by atoms with van der Waals surface area (Å²) in [4.78, 5) is 13.9. The van der Waals surface area contributed by atoms with Crippen molar-refractivity contribution in [3.05, 3.63) is 0 Å². The standard InChI is InChI=1S/C17H30N4O2/c1-21(7-5-3-2-4-6-18)16(23)12-20-14-8-13-9-15(22)11-17(13,19)10-14/h13-15,20,22H,2-5,7-12,19H2,1H3/t13-,14?,15?,17-/m1/s1. The van der Waals surface area contributed by atoms with Gasteiger partial charge in [0.05, 0.1) is 18.7 Å². The molecule has 2 rings (SSSR count). The van der Waals surface area contributed by atoms with E-state index >= 15 is 0 Å². The Kier molecular flexibility index (Phi) is 6.40. The van der Waals surface area contributed by atoms with E-state index < -0.39 is 0 Å². The van der Waals surface area contributed by atoms with Crippen LogP contribution in [0.25, 0.3) is 0 Å². The van der Waals surface area contributed by atoms with Gasteiger partial charge in [0.25, 0.3) is 0 Å². The number of rotatable bonds is 8. The fourth-order valence-electron chi connectivity index (χ4n) is 4.09. The van der Waals surface area contributed by atoms with Gasteiger partial charge in [-0.1, -0.05) is 6.42 Å². The minimum Gasteiger partial charge on any atom is -0.393 e. The summed E-state index contributed by atoms with van der Waals surface area (Å²) >= 11 is 0. The van der Waals surface area contributed by atoms with Gasteiger partial charge < -0.3 is 21.1 Å². The Morgan fingerprint density at radius 1 is 1.39 bits per heavy atom. The van der Waals surface area contributed by atoms with Crippen molar-refractivity contribution in [1.82, 2.24) is 10.2 Å². The first kappa shape index (κ1) is 18.2. The number of nitrogens with one attached hydrogen (secondary N) is 1. The van der Waals surface area contributed by atoms with Crippen molar-refractivity contribution in [2.24, 2.45) is 11.7 Å². The summed E-state index contributed by atoms with van der Waals surface area (Å²) in [5.74, 6) is 0.483. The van der Waals surface area contributed by atoms with Gasteiger partial charge in [-0.25, -0.2) is 0 Å². The fourth-order valence-corrected chi connectivity index (χ4v) is 4.09. The van der Waals surface area contributed by atoms with Crippen molar-refractivity contribution < 1.29 is 9.90 Å². The second kappa shape index (κ2) is 8.09. The molecule has 0 saturated heterocycles. The number of hydrogen-bond acceptors (Lipinski definition) is 5. The summed E-state index contributed by atoms with van der Waals surface area (Å²) in [6.07, 6.45) is 6.47. The summed E-state index contributed by atoms with van der Waals surface area (Å²) in [5.41, 5.74) is 6.16. The number of nitriles is 1. The molecule has 0 heterocycles. The van der Waals surface area contributed by atoms with Crippen LogP contribution in [0.15, 0.2) is 0 Å². The van der Waals surface area contributed by atoms with Gasteiger partial charge in [0.15, 0.2) is 0 Å². The van der Waals surface area contributed by atoms with Crippen LogP contribution in [0.5, 0.6) is 0 Å². The Morgan fingerprint density at radius 3 is 2.87 bits per heavy atom. The predicted molar refractivity (Wildman–Crippen MR) is 88.4 cm³/mol. The van der Waals surface area contributed by atoms with Crippen LogP contribution in [0, 0.1) is 17.2 Å². The minimum atomic E-state index is -0.250. The average molecular weight is 322 g/mol. The van der Waals surface area contributed by atoms with Gasteiger partial charge in [-0.15, -0.1) is 0 Å². The Hall–Kier alpha value is -1.16. The third-order valence-corrected chi connectivity index (χ3v) is 5.43. The van der Waals surface area contributed by atoms with Crippen LogP contribution in [0.1, 0.15) is 51.4 Å². The van der Waals surface area contributed by atoms with Crippen molar-refractivity contribution in [1.29, 1.82) is 5.26 Å². The highest BCUT2D eigenvalue weighted by molar-refractivity contribution is 5.77. The molecule has 2 fully saturated rings.